The summed E-state index contributed by atoms with van der Waals surface area (Å²) in [4.78, 5) is 27.4. The van der Waals surface area contributed by atoms with E-state index in [0.717, 1.165) is 19.4 Å². The van der Waals surface area contributed by atoms with Crippen molar-refractivity contribution in [2.75, 3.05) is 12.4 Å². The highest BCUT2D eigenvalue weighted by molar-refractivity contribution is 6.30. The number of aromatic nitrogens is 1. The van der Waals surface area contributed by atoms with E-state index >= 15 is 0 Å². The van der Waals surface area contributed by atoms with Gasteiger partial charge in [-0.05, 0) is 18.1 Å². The number of carbonyl (C=O) groups is 2. The van der Waals surface area contributed by atoms with Crippen LogP contribution in [-0.4, -0.2) is 35.8 Å². The lowest BCUT2D eigenvalue weighted by molar-refractivity contribution is -0.206. The van der Waals surface area contributed by atoms with Crippen molar-refractivity contribution in [1.29, 1.82) is 0 Å². The first-order chi connectivity index (χ1) is 11.0. The lowest BCUT2D eigenvalue weighted by atomic mass is 10.1. The van der Waals surface area contributed by atoms with Gasteiger partial charge in [-0.25, -0.2) is 9.78 Å². The van der Waals surface area contributed by atoms with Gasteiger partial charge < -0.3 is 15.4 Å². The van der Waals surface area contributed by atoms with Crippen molar-refractivity contribution < 1.29 is 27.5 Å². The number of hydrogen-bond donors (Lipinski definition) is 2. The molecule has 0 aliphatic heterocycles. The third kappa shape index (κ3) is 4.73. The van der Waals surface area contributed by atoms with Crippen LogP contribution in [0.5, 0.6) is 0 Å². The maximum absolute atomic E-state index is 13.6. The number of anilines is 1. The monoisotopic (exact) mass is 367 g/mol. The molecule has 0 fully saturated rings. The Morgan fingerprint density at radius 2 is 1.96 bits per heavy atom. The average Bonchev–Trinajstić information content (AvgIpc) is 2.45. The number of pyridine rings is 1. The molecule has 1 unspecified atom stereocenters. The second-order valence-electron chi connectivity index (χ2n) is 5.37. The number of methoxy groups -OCH3 is 1. The fourth-order valence-electron chi connectivity index (χ4n) is 1.82. The van der Waals surface area contributed by atoms with Crippen LogP contribution in [0.4, 0.5) is 19.0 Å². The summed E-state index contributed by atoms with van der Waals surface area (Å²) >= 11 is 5.63. The van der Waals surface area contributed by atoms with Gasteiger partial charge >= 0.3 is 17.8 Å². The number of ether oxygens (including phenoxy) is 1. The van der Waals surface area contributed by atoms with E-state index in [1.54, 1.807) is 19.2 Å². The maximum Gasteiger partial charge on any atom is 0.441 e. The fraction of sp³-hybridized carbons (Fsp3) is 0.500. The Balaban J connectivity index is 3.28. The van der Waals surface area contributed by atoms with Crippen LogP contribution < -0.4 is 10.6 Å². The zero-order valence-corrected chi connectivity index (χ0v) is 14.0. The largest absolute Gasteiger partial charge is 0.466 e. The number of nitrogens with one attached hydrogen (secondary N) is 2. The zero-order valence-electron chi connectivity index (χ0n) is 13.2. The standard InChI is InChI=1S/C14H17ClF3N3O3/c1-8(2)6-11(22)21-13(12(23)24-3,14(16,17)18)20-10-5-4-9(15)7-19-10/h4-5,7-8H,6H2,1-3H3,(H,19,20)(H,21,22). The van der Waals surface area contributed by atoms with E-state index in [2.05, 4.69) is 9.72 Å². The van der Waals surface area contributed by atoms with Gasteiger partial charge in [0, 0.05) is 12.6 Å². The summed E-state index contributed by atoms with van der Waals surface area (Å²) in [5, 5.41) is 3.80. The lowest BCUT2D eigenvalue weighted by Crippen LogP contribution is -2.69. The van der Waals surface area contributed by atoms with Crippen LogP contribution >= 0.6 is 11.6 Å². The SMILES string of the molecule is COC(=O)C(NC(=O)CC(C)C)(Nc1ccc(Cl)cn1)C(F)(F)F. The molecule has 0 spiro atoms. The lowest BCUT2D eigenvalue weighted by Gasteiger charge is -2.34. The van der Waals surface area contributed by atoms with Crippen LogP contribution in [0.15, 0.2) is 18.3 Å². The Labute approximate surface area is 141 Å². The zero-order chi connectivity index (χ0) is 18.5. The molecular formula is C14H17ClF3N3O3. The number of carbonyl (C=O) groups excluding carboxylic acids is 2. The molecule has 1 aromatic rings. The molecule has 1 rings (SSSR count). The number of alkyl halides is 3. The van der Waals surface area contributed by atoms with Crippen molar-refractivity contribution in [3.8, 4) is 0 Å². The summed E-state index contributed by atoms with van der Waals surface area (Å²) in [5.41, 5.74) is -3.46. The van der Waals surface area contributed by atoms with E-state index in [-0.39, 0.29) is 23.2 Å². The molecule has 1 heterocycles. The van der Waals surface area contributed by atoms with Crippen LogP contribution in [0.3, 0.4) is 0 Å². The minimum atomic E-state index is -5.19. The molecule has 0 radical (unpaired) electrons. The molecule has 0 aromatic carbocycles. The molecule has 0 aliphatic carbocycles. The second kappa shape index (κ2) is 7.69. The Morgan fingerprint density at radius 1 is 1.33 bits per heavy atom. The Bertz CT molecular complexity index is 593. The minimum absolute atomic E-state index is 0.195. The number of amides is 1. The molecule has 2 N–H and O–H groups in total. The minimum Gasteiger partial charge on any atom is -0.466 e. The Kier molecular flexibility index (Phi) is 6.42. The van der Waals surface area contributed by atoms with Crippen LogP contribution in [0.1, 0.15) is 20.3 Å². The molecular weight excluding hydrogens is 351 g/mol. The van der Waals surface area contributed by atoms with Crippen molar-refractivity contribution in [2.24, 2.45) is 5.92 Å². The van der Waals surface area contributed by atoms with Gasteiger partial charge in [-0.2, -0.15) is 13.2 Å². The predicted octanol–water partition coefficient (Wildman–Crippen LogP) is 2.74. The first-order valence-electron chi connectivity index (χ1n) is 6.87. The summed E-state index contributed by atoms with van der Waals surface area (Å²) in [7, 11) is 0.786. The molecule has 0 saturated heterocycles. The smallest absolute Gasteiger partial charge is 0.441 e. The van der Waals surface area contributed by atoms with Gasteiger partial charge in [0.05, 0.1) is 12.1 Å². The molecule has 10 heteroatoms. The summed E-state index contributed by atoms with van der Waals surface area (Å²) in [5.74, 6) is -3.20. The molecule has 1 amide bonds. The fourth-order valence-corrected chi connectivity index (χ4v) is 1.93. The van der Waals surface area contributed by atoms with Crippen molar-refractivity contribution in [3.05, 3.63) is 23.4 Å². The van der Waals surface area contributed by atoms with Crippen LogP contribution in [0.25, 0.3) is 0 Å². The van der Waals surface area contributed by atoms with Crippen LogP contribution in [0.2, 0.25) is 5.02 Å². The van der Waals surface area contributed by atoms with Crippen LogP contribution in [0, 0.1) is 5.92 Å². The van der Waals surface area contributed by atoms with Gasteiger partial charge in [0.25, 0.3) is 0 Å². The normalized spacial score (nSPS) is 14.0. The topological polar surface area (TPSA) is 80.3 Å². The van der Waals surface area contributed by atoms with E-state index < -0.39 is 23.7 Å². The van der Waals surface area contributed by atoms with E-state index in [1.807, 2.05) is 5.32 Å². The van der Waals surface area contributed by atoms with Crippen molar-refractivity contribution in [3.63, 3.8) is 0 Å². The van der Waals surface area contributed by atoms with Crippen LogP contribution in [-0.2, 0) is 14.3 Å². The molecule has 1 aromatic heterocycles. The van der Waals surface area contributed by atoms with Gasteiger partial charge in [0.15, 0.2) is 0 Å². The van der Waals surface area contributed by atoms with E-state index in [0.29, 0.717) is 0 Å². The highest BCUT2D eigenvalue weighted by atomic mass is 35.5. The number of rotatable bonds is 6. The molecule has 1 atom stereocenters. The average molecular weight is 368 g/mol. The number of nitrogens with zero attached hydrogens (tertiary/aromatic N) is 1. The molecule has 0 aliphatic rings. The predicted molar refractivity (Wildman–Crippen MR) is 81.3 cm³/mol. The molecule has 0 bridgehead atoms. The third-order valence-electron chi connectivity index (χ3n) is 2.88. The highest BCUT2D eigenvalue weighted by Gasteiger charge is 2.63. The van der Waals surface area contributed by atoms with E-state index in [4.69, 9.17) is 11.6 Å². The molecule has 0 saturated carbocycles. The number of hydrogen-bond acceptors (Lipinski definition) is 5. The Hall–Kier alpha value is -2.03. The van der Waals surface area contributed by atoms with Crippen molar-refractivity contribution in [1.82, 2.24) is 10.3 Å². The van der Waals surface area contributed by atoms with Gasteiger partial charge in [-0.15, -0.1) is 0 Å². The summed E-state index contributed by atoms with van der Waals surface area (Å²) in [6, 6.07) is 2.42. The Morgan fingerprint density at radius 3 is 2.38 bits per heavy atom. The van der Waals surface area contributed by atoms with E-state index in [9.17, 15) is 22.8 Å². The molecule has 6 nitrogen and oxygen atoms in total. The maximum atomic E-state index is 13.6. The first-order valence-corrected chi connectivity index (χ1v) is 7.25. The van der Waals surface area contributed by atoms with Gasteiger partial charge in [0.1, 0.15) is 5.82 Å². The van der Waals surface area contributed by atoms with Gasteiger partial charge in [0.2, 0.25) is 5.91 Å². The third-order valence-corrected chi connectivity index (χ3v) is 3.10. The molecule has 24 heavy (non-hydrogen) atoms. The molecule has 134 valence electrons. The van der Waals surface area contributed by atoms with Gasteiger partial charge in [-0.1, -0.05) is 25.4 Å². The first kappa shape index (κ1) is 20.0. The van der Waals surface area contributed by atoms with E-state index in [1.165, 1.54) is 6.07 Å². The van der Waals surface area contributed by atoms with Crippen molar-refractivity contribution in [2.45, 2.75) is 32.1 Å². The number of esters is 1. The number of halogens is 4. The summed E-state index contributed by atoms with van der Waals surface area (Å²) < 4.78 is 45.2. The quantitative estimate of drug-likeness (QED) is 0.597. The van der Waals surface area contributed by atoms with Gasteiger partial charge in [-0.3, -0.25) is 4.79 Å². The summed E-state index contributed by atoms with van der Waals surface area (Å²) in [6.07, 6.45) is -4.29. The van der Waals surface area contributed by atoms with Crippen molar-refractivity contribution >= 4 is 29.3 Å². The highest BCUT2D eigenvalue weighted by Crippen LogP contribution is 2.33. The summed E-state index contributed by atoms with van der Waals surface area (Å²) in [6.45, 7) is 3.31. The second-order valence-corrected chi connectivity index (χ2v) is 5.81.